The predicted molar refractivity (Wildman–Crippen MR) is 156 cm³/mol. The van der Waals surface area contributed by atoms with E-state index in [9.17, 15) is 14.0 Å². The number of anilines is 1. The minimum Gasteiger partial charge on any atom is -0.496 e. The number of primary amides is 1. The first kappa shape index (κ1) is 29.3. The number of thiocarbonyl (C=S) groups is 1. The molecule has 212 valence electrons. The van der Waals surface area contributed by atoms with Gasteiger partial charge in [-0.2, -0.15) is 0 Å². The van der Waals surface area contributed by atoms with Crippen molar-refractivity contribution in [1.29, 1.82) is 0 Å². The average molecular weight is 579 g/mol. The maximum absolute atomic E-state index is 15.2. The summed E-state index contributed by atoms with van der Waals surface area (Å²) in [6, 6.07) is 14.4. The van der Waals surface area contributed by atoms with Crippen molar-refractivity contribution >= 4 is 45.7 Å². The molecule has 0 bridgehead atoms. The summed E-state index contributed by atoms with van der Waals surface area (Å²) in [4.78, 5) is 29.0. The van der Waals surface area contributed by atoms with Gasteiger partial charge in [0.25, 0.3) is 5.91 Å². The number of carbonyl (C=O) groups excluding carboxylic acids is 2. The van der Waals surface area contributed by atoms with E-state index in [1.54, 1.807) is 12.1 Å². The molecule has 0 aliphatic rings. The molecule has 0 radical (unpaired) electrons. The molecule has 1 heterocycles. The van der Waals surface area contributed by atoms with Crippen LogP contribution in [0.1, 0.15) is 42.4 Å². The van der Waals surface area contributed by atoms with Crippen LogP contribution in [0, 0.1) is 11.6 Å². The monoisotopic (exact) mass is 578 g/mol. The standard InChI is InChI=1S/C30H28F2N4O4S/c1-30(2,3)26-15-25(19-13-20(28(33)38)24(39-4)14-22(19)35-26)40-23-10-9-18(12-21(23)32)34-29(41)36-27(37)11-16-5-7-17(31)8-6-16/h5-10,12-15H,11H2,1-4H3,(H2,33,38)(H2,34,36,37,41). The Balaban J connectivity index is 1.56. The fourth-order valence-electron chi connectivity index (χ4n) is 3.95. The van der Waals surface area contributed by atoms with Crippen LogP contribution in [0.25, 0.3) is 10.9 Å². The molecule has 0 atom stereocenters. The van der Waals surface area contributed by atoms with Crippen molar-refractivity contribution in [1.82, 2.24) is 10.3 Å². The van der Waals surface area contributed by atoms with E-state index in [2.05, 4.69) is 10.6 Å². The molecule has 4 rings (SSSR count). The lowest BCUT2D eigenvalue weighted by Crippen LogP contribution is -2.35. The molecule has 0 saturated heterocycles. The Morgan fingerprint density at radius 2 is 1.68 bits per heavy atom. The minimum absolute atomic E-state index is 0.0109. The molecule has 0 saturated carbocycles. The number of halogens is 2. The van der Waals surface area contributed by atoms with Crippen LogP contribution in [0.5, 0.6) is 17.2 Å². The number of pyridine rings is 1. The number of methoxy groups -OCH3 is 1. The summed E-state index contributed by atoms with van der Waals surface area (Å²) in [5, 5.41) is 5.68. The van der Waals surface area contributed by atoms with E-state index >= 15 is 4.39 Å². The predicted octanol–water partition coefficient (Wildman–Crippen LogP) is 5.77. The van der Waals surface area contributed by atoms with Crippen LogP contribution in [0.2, 0.25) is 0 Å². The van der Waals surface area contributed by atoms with E-state index in [-0.39, 0.29) is 45.4 Å². The van der Waals surface area contributed by atoms with Gasteiger partial charge in [0.1, 0.15) is 17.3 Å². The Kier molecular flexibility index (Phi) is 8.48. The van der Waals surface area contributed by atoms with Gasteiger partial charge in [0.05, 0.1) is 30.3 Å². The van der Waals surface area contributed by atoms with Gasteiger partial charge in [0.2, 0.25) is 5.91 Å². The molecule has 4 N–H and O–H groups in total. The highest BCUT2D eigenvalue weighted by molar-refractivity contribution is 7.80. The highest BCUT2D eigenvalue weighted by atomic mass is 32.1. The van der Waals surface area contributed by atoms with E-state index in [4.69, 9.17) is 32.4 Å². The maximum Gasteiger partial charge on any atom is 0.252 e. The van der Waals surface area contributed by atoms with Gasteiger partial charge in [-0.25, -0.2) is 8.78 Å². The Labute approximate surface area is 240 Å². The molecule has 0 aliphatic heterocycles. The molecular formula is C30H28F2N4O4S. The molecule has 0 spiro atoms. The largest absolute Gasteiger partial charge is 0.496 e. The number of benzene rings is 3. The molecule has 0 fully saturated rings. The SMILES string of the molecule is COc1cc2nc(C(C)(C)C)cc(Oc3ccc(NC(=S)NC(=O)Cc4ccc(F)cc4)cc3F)c2cc1C(N)=O. The van der Waals surface area contributed by atoms with Crippen LogP contribution in [0.15, 0.2) is 60.7 Å². The first-order chi connectivity index (χ1) is 19.3. The second kappa shape index (κ2) is 11.8. The number of aromatic nitrogens is 1. The zero-order valence-electron chi connectivity index (χ0n) is 22.8. The van der Waals surface area contributed by atoms with Gasteiger partial charge in [-0.1, -0.05) is 32.9 Å². The highest BCUT2D eigenvalue weighted by Crippen LogP contribution is 2.37. The van der Waals surface area contributed by atoms with E-state index in [0.717, 1.165) is 0 Å². The summed E-state index contributed by atoms with van der Waals surface area (Å²) in [7, 11) is 1.42. The van der Waals surface area contributed by atoms with Crippen molar-refractivity contribution in [2.75, 3.05) is 12.4 Å². The summed E-state index contributed by atoms with van der Waals surface area (Å²) >= 11 is 5.17. The smallest absolute Gasteiger partial charge is 0.252 e. The number of nitrogens with two attached hydrogens (primary N) is 1. The second-order valence-electron chi connectivity index (χ2n) is 10.2. The first-order valence-electron chi connectivity index (χ1n) is 12.5. The molecular weight excluding hydrogens is 550 g/mol. The van der Waals surface area contributed by atoms with Crippen molar-refractivity contribution in [3.63, 3.8) is 0 Å². The number of ether oxygens (including phenoxy) is 2. The molecule has 8 nitrogen and oxygen atoms in total. The van der Waals surface area contributed by atoms with Crippen molar-refractivity contribution < 1.29 is 27.8 Å². The van der Waals surface area contributed by atoms with E-state index in [1.165, 1.54) is 55.6 Å². The molecule has 0 unspecified atom stereocenters. The fraction of sp³-hybridized carbons (Fsp3) is 0.200. The van der Waals surface area contributed by atoms with E-state index in [1.807, 2.05) is 20.8 Å². The first-order valence-corrected chi connectivity index (χ1v) is 12.9. The Bertz CT molecular complexity index is 1650. The number of amides is 2. The molecule has 3 aromatic carbocycles. The number of nitrogens with zero attached hydrogens (tertiary/aromatic N) is 1. The zero-order chi connectivity index (χ0) is 29.9. The van der Waals surface area contributed by atoms with Crippen molar-refractivity contribution in [3.8, 4) is 17.2 Å². The molecule has 0 aliphatic carbocycles. The van der Waals surface area contributed by atoms with Crippen LogP contribution < -0.4 is 25.8 Å². The molecule has 1 aromatic heterocycles. The highest BCUT2D eigenvalue weighted by Gasteiger charge is 2.22. The Morgan fingerprint density at radius 1 is 0.976 bits per heavy atom. The molecule has 11 heteroatoms. The lowest BCUT2D eigenvalue weighted by atomic mass is 9.91. The third-order valence-electron chi connectivity index (χ3n) is 6.07. The third kappa shape index (κ3) is 7.12. The van der Waals surface area contributed by atoms with Crippen molar-refractivity contribution in [2.45, 2.75) is 32.6 Å². The summed E-state index contributed by atoms with van der Waals surface area (Å²) in [6.07, 6.45) is -0.0109. The number of hydrogen-bond donors (Lipinski definition) is 3. The quantitative estimate of drug-likeness (QED) is 0.239. The number of hydrogen-bond acceptors (Lipinski definition) is 6. The molecule has 2 amide bonds. The van der Waals surface area contributed by atoms with Crippen LogP contribution >= 0.6 is 12.2 Å². The number of carbonyl (C=O) groups is 2. The fourth-order valence-corrected chi connectivity index (χ4v) is 4.19. The topological polar surface area (TPSA) is 116 Å². The maximum atomic E-state index is 15.2. The van der Waals surface area contributed by atoms with Crippen LogP contribution in [-0.4, -0.2) is 29.0 Å². The Morgan fingerprint density at radius 3 is 2.29 bits per heavy atom. The Hall–Kier alpha value is -4.64. The van der Waals surface area contributed by atoms with Gasteiger partial charge in [0.15, 0.2) is 16.7 Å². The molecule has 41 heavy (non-hydrogen) atoms. The summed E-state index contributed by atoms with van der Waals surface area (Å²) < 4.78 is 39.6. The minimum atomic E-state index is -0.707. The van der Waals surface area contributed by atoms with Gasteiger partial charge >= 0.3 is 0 Å². The zero-order valence-corrected chi connectivity index (χ0v) is 23.6. The summed E-state index contributed by atoms with van der Waals surface area (Å²) in [6.45, 7) is 5.92. The molecule has 4 aromatic rings. The van der Waals surface area contributed by atoms with Crippen LogP contribution in [0.3, 0.4) is 0 Å². The van der Waals surface area contributed by atoms with Crippen LogP contribution in [-0.2, 0) is 16.6 Å². The van der Waals surface area contributed by atoms with Gasteiger partial charge < -0.3 is 25.8 Å². The van der Waals surface area contributed by atoms with Gasteiger partial charge in [-0.15, -0.1) is 0 Å². The number of rotatable bonds is 7. The lowest BCUT2D eigenvalue weighted by Gasteiger charge is -2.21. The third-order valence-corrected chi connectivity index (χ3v) is 6.27. The number of nitrogens with one attached hydrogen (secondary N) is 2. The average Bonchev–Trinajstić information content (AvgIpc) is 2.89. The summed E-state index contributed by atoms with van der Waals surface area (Å²) in [5.41, 5.74) is 7.34. The van der Waals surface area contributed by atoms with Crippen LogP contribution in [0.4, 0.5) is 14.5 Å². The van der Waals surface area contributed by atoms with Gasteiger partial charge in [-0.05, 0) is 48.1 Å². The normalized spacial score (nSPS) is 11.2. The second-order valence-corrected chi connectivity index (χ2v) is 10.7. The lowest BCUT2D eigenvalue weighted by molar-refractivity contribution is -0.119. The van der Waals surface area contributed by atoms with E-state index in [0.29, 0.717) is 22.2 Å². The van der Waals surface area contributed by atoms with Crippen molar-refractivity contribution in [2.24, 2.45) is 5.73 Å². The summed E-state index contributed by atoms with van der Waals surface area (Å²) in [5.74, 6) is -1.78. The van der Waals surface area contributed by atoms with Crippen molar-refractivity contribution in [3.05, 3.63) is 89.1 Å². The number of fused-ring (bicyclic) bond motifs is 1. The van der Waals surface area contributed by atoms with E-state index < -0.39 is 23.4 Å². The van der Waals surface area contributed by atoms with Gasteiger partial charge in [-0.3, -0.25) is 14.6 Å². The van der Waals surface area contributed by atoms with Gasteiger partial charge in [0, 0.05) is 34.7 Å².